The summed E-state index contributed by atoms with van der Waals surface area (Å²) in [7, 11) is 1.35. The molecule has 0 N–H and O–H groups in total. The first-order chi connectivity index (χ1) is 8.13. The molecule has 0 fully saturated rings. The Bertz CT molecular complexity index is 488. The molecule has 0 bridgehead atoms. The Balaban J connectivity index is 2.45. The van der Waals surface area contributed by atoms with Crippen LogP contribution in [0.15, 0.2) is 34.9 Å². The van der Waals surface area contributed by atoms with Gasteiger partial charge in [0.1, 0.15) is 28.0 Å². The minimum absolute atomic E-state index is 0.0965. The van der Waals surface area contributed by atoms with Gasteiger partial charge in [0, 0.05) is 17.7 Å². The molecule has 2 aromatic rings. The van der Waals surface area contributed by atoms with Crippen LogP contribution in [-0.2, 0) is 0 Å². The molecule has 0 spiro atoms. The molecular formula is C12H9BrF2O2. The topological polar surface area (TPSA) is 22.4 Å². The maximum Gasteiger partial charge on any atom is 0.134 e. The van der Waals surface area contributed by atoms with Crippen molar-refractivity contribution in [3.8, 4) is 5.75 Å². The van der Waals surface area contributed by atoms with Gasteiger partial charge in [0.05, 0.1) is 13.4 Å². The number of halogens is 3. The third-order valence-corrected chi connectivity index (χ3v) is 3.24. The molecule has 1 heterocycles. The van der Waals surface area contributed by atoms with Crippen molar-refractivity contribution in [3.05, 3.63) is 53.5 Å². The molecule has 2 nitrogen and oxygen atoms in total. The second-order valence-corrected chi connectivity index (χ2v) is 4.30. The monoisotopic (exact) mass is 302 g/mol. The number of hydrogen-bond acceptors (Lipinski definition) is 2. The maximum absolute atomic E-state index is 13.7. The van der Waals surface area contributed by atoms with Crippen LogP contribution in [0.25, 0.3) is 0 Å². The molecule has 0 aliphatic rings. The van der Waals surface area contributed by atoms with E-state index in [9.17, 15) is 8.78 Å². The average Bonchev–Trinajstić information content (AvgIpc) is 2.81. The smallest absolute Gasteiger partial charge is 0.134 e. The molecule has 0 radical (unpaired) electrons. The highest BCUT2D eigenvalue weighted by molar-refractivity contribution is 9.09. The summed E-state index contributed by atoms with van der Waals surface area (Å²) in [5.41, 5.74) is -0.0965. The molecule has 0 amide bonds. The van der Waals surface area contributed by atoms with Crippen LogP contribution < -0.4 is 4.74 Å². The summed E-state index contributed by atoms with van der Waals surface area (Å²) in [6.45, 7) is 0. The van der Waals surface area contributed by atoms with Crippen LogP contribution in [0.2, 0.25) is 0 Å². The molecule has 2 rings (SSSR count). The van der Waals surface area contributed by atoms with Crippen molar-refractivity contribution >= 4 is 15.9 Å². The molecule has 90 valence electrons. The Morgan fingerprint density at radius 3 is 2.41 bits per heavy atom. The number of rotatable bonds is 3. The summed E-state index contributed by atoms with van der Waals surface area (Å²) in [5, 5.41) is 0. The minimum Gasteiger partial charge on any atom is -0.497 e. The third-order valence-electron chi connectivity index (χ3n) is 2.33. The first-order valence-electron chi connectivity index (χ1n) is 4.84. The summed E-state index contributed by atoms with van der Waals surface area (Å²) < 4.78 is 37.4. The van der Waals surface area contributed by atoms with Gasteiger partial charge in [-0.3, -0.25) is 0 Å². The number of alkyl halides is 1. The molecule has 1 atom stereocenters. The van der Waals surface area contributed by atoms with Crippen LogP contribution in [-0.4, -0.2) is 7.11 Å². The standard InChI is InChI=1S/C12H9BrF2O2/c1-16-7-5-8(14)11(9(15)6-7)12(13)10-3-2-4-17-10/h2-6,12H,1H3. The van der Waals surface area contributed by atoms with Crippen LogP contribution in [0.5, 0.6) is 5.75 Å². The van der Waals surface area contributed by atoms with E-state index in [1.54, 1.807) is 12.1 Å². The highest BCUT2D eigenvalue weighted by Crippen LogP contribution is 2.35. The van der Waals surface area contributed by atoms with E-state index in [4.69, 9.17) is 9.15 Å². The van der Waals surface area contributed by atoms with Crippen LogP contribution in [0.4, 0.5) is 8.78 Å². The van der Waals surface area contributed by atoms with E-state index in [-0.39, 0.29) is 11.3 Å². The molecule has 5 heteroatoms. The number of methoxy groups -OCH3 is 1. The van der Waals surface area contributed by atoms with Gasteiger partial charge in [-0.15, -0.1) is 0 Å². The van der Waals surface area contributed by atoms with Crippen molar-refractivity contribution in [2.75, 3.05) is 7.11 Å². The second-order valence-electron chi connectivity index (χ2n) is 3.38. The fourth-order valence-electron chi connectivity index (χ4n) is 1.50. The Hall–Kier alpha value is -1.36. The fourth-order valence-corrected chi connectivity index (χ4v) is 2.20. The predicted molar refractivity (Wildman–Crippen MR) is 62.4 cm³/mol. The van der Waals surface area contributed by atoms with E-state index in [0.29, 0.717) is 5.76 Å². The van der Waals surface area contributed by atoms with Gasteiger partial charge < -0.3 is 9.15 Å². The van der Waals surface area contributed by atoms with Crippen molar-refractivity contribution in [3.63, 3.8) is 0 Å². The zero-order valence-electron chi connectivity index (χ0n) is 8.91. The summed E-state index contributed by atoms with van der Waals surface area (Å²) in [6.07, 6.45) is 1.45. The van der Waals surface area contributed by atoms with Crippen molar-refractivity contribution in [1.82, 2.24) is 0 Å². The highest BCUT2D eigenvalue weighted by Gasteiger charge is 2.22. The zero-order valence-corrected chi connectivity index (χ0v) is 10.5. The van der Waals surface area contributed by atoms with Gasteiger partial charge in [-0.25, -0.2) is 8.78 Å². The maximum atomic E-state index is 13.7. The predicted octanol–water partition coefficient (Wildman–Crippen LogP) is 4.05. The fraction of sp³-hybridized carbons (Fsp3) is 0.167. The molecule has 1 aromatic carbocycles. The minimum atomic E-state index is -0.680. The Morgan fingerprint density at radius 1 is 1.29 bits per heavy atom. The van der Waals surface area contributed by atoms with Crippen molar-refractivity contribution in [2.45, 2.75) is 4.83 Å². The Labute approximate surface area is 105 Å². The lowest BCUT2D eigenvalue weighted by atomic mass is 10.1. The van der Waals surface area contributed by atoms with Gasteiger partial charge in [-0.2, -0.15) is 0 Å². The summed E-state index contributed by atoms with van der Waals surface area (Å²) in [4.78, 5) is -0.664. The molecule has 0 saturated heterocycles. The average molecular weight is 303 g/mol. The van der Waals surface area contributed by atoms with Crippen LogP contribution in [0.3, 0.4) is 0 Å². The first kappa shape index (κ1) is 12.1. The van der Waals surface area contributed by atoms with Gasteiger partial charge in [0.25, 0.3) is 0 Å². The summed E-state index contributed by atoms with van der Waals surface area (Å²) >= 11 is 3.21. The molecule has 17 heavy (non-hydrogen) atoms. The number of hydrogen-bond donors (Lipinski definition) is 0. The lowest BCUT2D eigenvalue weighted by Crippen LogP contribution is -2.01. The number of furan rings is 1. The van der Waals surface area contributed by atoms with Gasteiger partial charge in [-0.05, 0) is 12.1 Å². The van der Waals surface area contributed by atoms with E-state index >= 15 is 0 Å². The molecule has 0 saturated carbocycles. The Morgan fingerprint density at radius 2 is 1.94 bits per heavy atom. The van der Waals surface area contributed by atoms with E-state index in [1.807, 2.05) is 0 Å². The quantitative estimate of drug-likeness (QED) is 0.798. The van der Waals surface area contributed by atoms with Gasteiger partial charge in [0.15, 0.2) is 0 Å². The second kappa shape index (κ2) is 4.87. The molecule has 1 aromatic heterocycles. The van der Waals surface area contributed by atoms with Gasteiger partial charge in [-0.1, -0.05) is 15.9 Å². The third kappa shape index (κ3) is 2.34. The lowest BCUT2D eigenvalue weighted by molar-refractivity contribution is 0.404. The van der Waals surface area contributed by atoms with Crippen molar-refractivity contribution in [2.24, 2.45) is 0 Å². The van der Waals surface area contributed by atoms with E-state index in [1.165, 1.54) is 13.4 Å². The number of benzene rings is 1. The van der Waals surface area contributed by atoms with E-state index in [2.05, 4.69) is 15.9 Å². The highest BCUT2D eigenvalue weighted by atomic mass is 79.9. The summed E-state index contributed by atoms with van der Waals surface area (Å²) in [6, 6.07) is 5.57. The normalized spacial score (nSPS) is 12.5. The van der Waals surface area contributed by atoms with Gasteiger partial charge >= 0.3 is 0 Å². The Kier molecular flexibility index (Phi) is 3.47. The first-order valence-corrected chi connectivity index (χ1v) is 5.75. The van der Waals surface area contributed by atoms with Crippen molar-refractivity contribution < 1.29 is 17.9 Å². The zero-order chi connectivity index (χ0) is 12.4. The lowest BCUT2D eigenvalue weighted by Gasteiger charge is -2.11. The summed E-state index contributed by atoms with van der Waals surface area (Å²) in [5.74, 6) is -0.781. The molecule has 0 aliphatic heterocycles. The van der Waals surface area contributed by atoms with Gasteiger partial charge in [0.2, 0.25) is 0 Å². The van der Waals surface area contributed by atoms with Crippen LogP contribution in [0, 0.1) is 11.6 Å². The largest absolute Gasteiger partial charge is 0.497 e. The SMILES string of the molecule is COc1cc(F)c(C(Br)c2ccco2)c(F)c1. The molecular weight excluding hydrogens is 294 g/mol. The van der Waals surface area contributed by atoms with E-state index < -0.39 is 16.5 Å². The number of ether oxygens (including phenoxy) is 1. The van der Waals surface area contributed by atoms with Crippen LogP contribution in [0.1, 0.15) is 16.2 Å². The molecule has 1 unspecified atom stereocenters. The van der Waals surface area contributed by atoms with E-state index in [0.717, 1.165) is 12.1 Å². The van der Waals surface area contributed by atoms with Crippen molar-refractivity contribution in [1.29, 1.82) is 0 Å². The van der Waals surface area contributed by atoms with Crippen LogP contribution >= 0.6 is 15.9 Å². The molecule has 0 aliphatic carbocycles.